The molecule has 1 aliphatic rings. The van der Waals surface area contributed by atoms with Crippen molar-refractivity contribution in [3.05, 3.63) is 66.2 Å². The number of carbonyl (C=O) groups excluding carboxylic acids is 1. The lowest BCUT2D eigenvalue weighted by Crippen LogP contribution is -2.38. The first-order chi connectivity index (χ1) is 11.3. The molecule has 3 rings (SSSR count). The third kappa shape index (κ3) is 4.61. The van der Waals surface area contributed by atoms with Crippen LogP contribution < -0.4 is 5.32 Å². The molecule has 1 N–H and O–H groups in total. The molecule has 1 amide bonds. The minimum atomic E-state index is -0.194. The summed E-state index contributed by atoms with van der Waals surface area (Å²) in [7, 11) is 0. The van der Waals surface area contributed by atoms with Crippen molar-refractivity contribution in [1.82, 2.24) is 5.32 Å². The molecule has 1 fully saturated rings. The first kappa shape index (κ1) is 16.1. The standard InChI is InChI=1S/C20H23NOS/c22-20(21-17-12-6-2-7-13-17)19(16-10-4-1-5-11-16)23-18-14-8-3-9-15-18/h1,3-5,8-11,14-15,17,19H,2,6-7,12-13H2,(H,21,22)/t19-/m1/s1. The number of amides is 1. The van der Waals surface area contributed by atoms with Crippen LogP contribution >= 0.6 is 11.8 Å². The third-order valence-corrected chi connectivity index (χ3v) is 5.56. The molecule has 23 heavy (non-hydrogen) atoms. The quantitative estimate of drug-likeness (QED) is 0.786. The van der Waals surface area contributed by atoms with Gasteiger partial charge >= 0.3 is 0 Å². The van der Waals surface area contributed by atoms with E-state index in [-0.39, 0.29) is 11.2 Å². The molecular weight excluding hydrogens is 302 g/mol. The van der Waals surface area contributed by atoms with E-state index in [4.69, 9.17) is 0 Å². The number of hydrogen-bond donors (Lipinski definition) is 1. The molecule has 0 radical (unpaired) electrons. The molecule has 0 aromatic heterocycles. The zero-order chi connectivity index (χ0) is 15.9. The molecule has 120 valence electrons. The van der Waals surface area contributed by atoms with Crippen LogP contribution in [0.3, 0.4) is 0 Å². The van der Waals surface area contributed by atoms with Crippen molar-refractivity contribution in [3.8, 4) is 0 Å². The highest BCUT2D eigenvalue weighted by Crippen LogP contribution is 2.35. The summed E-state index contributed by atoms with van der Waals surface area (Å²) in [5.74, 6) is 0.136. The average Bonchev–Trinajstić information content (AvgIpc) is 2.62. The Morgan fingerprint density at radius 2 is 1.52 bits per heavy atom. The number of benzene rings is 2. The minimum absolute atomic E-state index is 0.136. The maximum Gasteiger partial charge on any atom is 0.238 e. The van der Waals surface area contributed by atoms with E-state index in [9.17, 15) is 4.79 Å². The van der Waals surface area contributed by atoms with Crippen molar-refractivity contribution in [2.75, 3.05) is 0 Å². The van der Waals surface area contributed by atoms with Gasteiger partial charge in [-0.15, -0.1) is 11.8 Å². The first-order valence-electron chi connectivity index (χ1n) is 8.40. The van der Waals surface area contributed by atoms with E-state index in [0.717, 1.165) is 23.3 Å². The van der Waals surface area contributed by atoms with Gasteiger partial charge in [0.05, 0.1) is 0 Å². The monoisotopic (exact) mass is 325 g/mol. The van der Waals surface area contributed by atoms with Crippen molar-refractivity contribution >= 4 is 17.7 Å². The molecule has 0 aliphatic heterocycles. The Morgan fingerprint density at radius 1 is 0.913 bits per heavy atom. The van der Waals surface area contributed by atoms with Gasteiger partial charge < -0.3 is 5.32 Å². The second-order valence-corrected chi connectivity index (χ2v) is 7.24. The summed E-state index contributed by atoms with van der Waals surface area (Å²) < 4.78 is 0. The molecule has 0 heterocycles. The van der Waals surface area contributed by atoms with Crippen molar-refractivity contribution < 1.29 is 4.79 Å². The van der Waals surface area contributed by atoms with Gasteiger partial charge in [0.15, 0.2) is 0 Å². The Labute approximate surface area is 142 Å². The van der Waals surface area contributed by atoms with Crippen LogP contribution in [0.25, 0.3) is 0 Å². The summed E-state index contributed by atoms with van der Waals surface area (Å²) in [6.07, 6.45) is 5.99. The largest absolute Gasteiger partial charge is 0.352 e. The van der Waals surface area contributed by atoms with E-state index in [1.807, 2.05) is 48.5 Å². The van der Waals surface area contributed by atoms with Crippen molar-refractivity contribution in [2.24, 2.45) is 0 Å². The lowest BCUT2D eigenvalue weighted by Gasteiger charge is -2.25. The lowest BCUT2D eigenvalue weighted by molar-refractivity contribution is -0.121. The zero-order valence-corrected chi connectivity index (χ0v) is 14.1. The Bertz CT molecular complexity index is 608. The van der Waals surface area contributed by atoms with E-state index in [0.29, 0.717) is 6.04 Å². The predicted octanol–water partition coefficient (Wildman–Crippen LogP) is 4.97. The average molecular weight is 325 g/mol. The third-order valence-electron chi connectivity index (χ3n) is 4.29. The first-order valence-corrected chi connectivity index (χ1v) is 9.28. The maximum atomic E-state index is 12.9. The van der Waals surface area contributed by atoms with Crippen LogP contribution in [0.2, 0.25) is 0 Å². The van der Waals surface area contributed by atoms with Crippen molar-refractivity contribution in [3.63, 3.8) is 0 Å². The molecule has 0 bridgehead atoms. The second-order valence-electron chi connectivity index (χ2n) is 6.07. The van der Waals surface area contributed by atoms with Gasteiger partial charge in [0.25, 0.3) is 0 Å². The fraction of sp³-hybridized carbons (Fsp3) is 0.350. The number of carbonyl (C=O) groups is 1. The van der Waals surface area contributed by atoms with Crippen LogP contribution in [0.1, 0.15) is 42.9 Å². The van der Waals surface area contributed by atoms with Gasteiger partial charge in [-0.25, -0.2) is 0 Å². The molecule has 2 aromatic carbocycles. The fourth-order valence-corrected chi connectivity index (χ4v) is 4.11. The van der Waals surface area contributed by atoms with Gasteiger partial charge in [-0.2, -0.15) is 0 Å². The lowest BCUT2D eigenvalue weighted by atomic mass is 9.95. The van der Waals surface area contributed by atoms with Crippen LogP contribution in [0.4, 0.5) is 0 Å². The van der Waals surface area contributed by atoms with E-state index >= 15 is 0 Å². The van der Waals surface area contributed by atoms with Crippen LogP contribution in [-0.4, -0.2) is 11.9 Å². The highest BCUT2D eigenvalue weighted by Gasteiger charge is 2.25. The second kappa shape index (κ2) is 8.21. The van der Waals surface area contributed by atoms with Crippen molar-refractivity contribution in [2.45, 2.75) is 48.3 Å². The van der Waals surface area contributed by atoms with Crippen molar-refractivity contribution in [1.29, 1.82) is 0 Å². The molecule has 0 unspecified atom stereocenters. The normalized spacial score (nSPS) is 16.7. The Morgan fingerprint density at radius 3 is 2.17 bits per heavy atom. The summed E-state index contributed by atoms with van der Waals surface area (Å²) in [5.41, 5.74) is 1.06. The molecule has 1 atom stereocenters. The van der Waals surface area contributed by atoms with Crippen LogP contribution in [-0.2, 0) is 4.79 Å². The number of nitrogens with one attached hydrogen (secondary N) is 1. The predicted molar refractivity (Wildman–Crippen MR) is 96.5 cm³/mol. The molecule has 0 saturated heterocycles. The molecule has 1 aliphatic carbocycles. The molecule has 0 spiro atoms. The zero-order valence-electron chi connectivity index (χ0n) is 13.3. The SMILES string of the molecule is O=C(NC1CCCCC1)[C@H](Sc1ccccc1)c1ccccc1. The van der Waals surface area contributed by atoms with E-state index in [2.05, 4.69) is 17.4 Å². The minimum Gasteiger partial charge on any atom is -0.352 e. The van der Waals surface area contributed by atoms with Gasteiger partial charge in [-0.3, -0.25) is 4.79 Å². The van der Waals surface area contributed by atoms with Gasteiger partial charge in [-0.1, -0.05) is 67.8 Å². The highest BCUT2D eigenvalue weighted by molar-refractivity contribution is 8.00. The number of hydrogen-bond acceptors (Lipinski definition) is 2. The van der Waals surface area contributed by atoms with Gasteiger partial charge in [0.1, 0.15) is 5.25 Å². The van der Waals surface area contributed by atoms with E-state index in [1.165, 1.54) is 19.3 Å². The number of thioether (sulfide) groups is 1. The topological polar surface area (TPSA) is 29.1 Å². The van der Waals surface area contributed by atoms with Gasteiger partial charge in [-0.05, 0) is 30.5 Å². The summed E-state index contributed by atoms with van der Waals surface area (Å²) in [6.45, 7) is 0. The van der Waals surface area contributed by atoms with Gasteiger partial charge in [0.2, 0.25) is 5.91 Å². The maximum absolute atomic E-state index is 12.9. The molecule has 3 heteroatoms. The highest BCUT2D eigenvalue weighted by atomic mass is 32.2. The van der Waals surface area contributed by atoms with E-state index in [1.54, 1.807) is 11.8 Å². The fourth-order valence-electron chi connectivity index (χ4n) is 3.06. The molecule has 2 aromatic rings. The summed E-state index contributed by atoms with van der Waals surface area (Å²) in [6, 6.07) is 20.6. The summed E-state index contributed by atoms with van der Waals surface area (Å²) >= 11 is 1.63. The number of rotatable bonds is 5. The molecular formula is C20H23NOS. The Balaban J connectivity index is 1.75. The van der Waals surface area contributed by atoms with Crippen LogP contribution in [0.5, 0.6) is 0 Å². The molecule has 2 nitrogen and oxygen atoms in total. The molecule has 1 saturated carbocycles. The Hall–Kier alpha value is -1.74. The van der Waals surface area contributed by atoms with Crippen LogP contribution in [0, 0.1) is 0 Å². The smallest absolute Gasteiger partial charge is 0.238 e. The van der Waals surface area contributed by atoms with Crippen LogP contribution in [0.15, 0.2) is 65.6 Å². The summed E-state index contributed by atoms with van der Waals surface area (Å²) in [4.78, 5) is 14.0. The Kier molecular flexibility index (Phi) is 5.76. The van der Waals surface area contributed by atoms with E-state index < -0.39 is 0 Å². The van der Waals surface area contributed by atoms with Gasteiger partial charge in [0, 0.05) is 10.9 Å². The summed E-state index contributed by atoms with van der Waals surface area (Å²) in [5, 5.41) is 3.08.